The smallest absolute Gasteiger partial charge is 0.138 e. The number of rotatable bonds is 6. The zero-order valence-corrected chi connectivity index (χ0v) is 10.1. The zero-order valence-electron chi connectivity index (χ0n) is 10.1. The number of para-hydroxylation sites is 1. The van der Waals surface area contributed by atoms with Crippen LogP contribution in [0, 0.1) is 0 Å². The molecule has 0 aliphatic rings. The summed E-state index contributed by atoms with van der Waals surface area (Å²) >= 11 is 0. The molecule has 0 bridgehead atoms. The predicted octanol–water partition coefficient (Wildman–Crippen LogP) is 2.61. The highest BCUT2D eigenvalue weighted by atomic mass is 16.5. The van der Waals surface area contributed by atoms with Crippen LogP contribution in [0.3, 0.4) is 0 Å². The number of nitrogens with one attached hydrogen (secondary N) is 1. The van der Waals surface area contributed by atoms with Crippen molar-refractivity contribution in [3.05, 3.63) is 36.5 Å². The van der Waals surface area contributed by atoms with Crippen LogP contribution < -0.4 is 10.1 Å². The number of hydrogen-bond acceptors (Lipinski definition) is 3. The van der Waals surface area contributed by atoms with Crippen molar-refractivity contribution in [2.24, 2.45) is 0 Å². The summed E-state index contributed by atoms with van der Waals surface area (Å²) in [6, 6.07) is 10.1. The molecular formula is C14H18N2O. The second kappa shape index (κ2) is 6.21. The lowest BCUT2D eigenvalue weighted by atomic mass is 10.2. The standard InChI is InChI=1S/C14H18N2O/c1-2-7-15-8-9-17-13-10-12-5-3-4-6-14(12)16-11-13/h3-6,10-11,15H,2,7-9H2,1H3. The third kappa shape index (κ3) is 3.43. The van der Waals surface area contributed by atoms with Gasteiger partial charge in [0, 0.05) is 11.9 Å². The third-order valence-electron chi connectivity index (χ3n) is 2.54. The van der Waals surface area contributed by atoms with Crippen LogP contribution in [0.4, 0.5) is 0 Å². The van der Waals surface area contributed by atoms with Gasteiger partial charge in [0.1, 0.15) is 12.4 Å². The minimum absolute atomic E-state index is 0.681. The highest BCUT2D eigenvalue weighted by Gasteiger charge is 1.97. The largest absolute Gasteiger partial charge is 0.491 e. The van der Waals surface area contributed by atoms with Gasteiger partial charge in [0.05, 0.1) is 11.7 Å². The maximum Gasteiger partial charge on any atom is 0.138 e. The fourth-order valence-electron chi connectivity index (χ4n) is 1.67. The van der Waals surface area contributed by atoms with Gasteiger partial charge in [0.25, 0.3) is 0 Å². The molecule has 0 unspecified atom stereocenters. The van der Waals surface area contributed by atoms with Gasteiger partial charge >= 0.3 is 0 Å². The Hall–Kier alpha value is -1.61. The molecule has 2 rings (SSSR count). The number of nitrogens with zero attached hydrogens (tertiary/aromatic N) is 1. The molecule has 0 amide bonds. The molecule has 0 fully saturated rings. The lowest BCUT2D eigenvalue weighted by molar-refractivity contribution is 0.313. The maximum absolute atomic E-state index is 5.64. The molecule has 0 aliphatic carbocycles. The lowest BCUT2D eigenvalue weighted by Crippen LogP contribution is -2.21. The molecule has 0 spiro atoms. The number of fused-ring (bicyclic) bond motifs is 1. The minimum Gasteiger partial charge on any atom is -0.491 e. The predicted molar refractivity (Wildman–Crippen MR) is 70.4 cm³/mol. The van der Waals surface area contributed by atoms with Crippen LogP contribution in [-0.4, -0.2) is 24.7 Å². The van der Waals surface area contributed by atoms with Gasteiger partial charge in [-0.1, -0.05) is 25.1 Å². The Balaban J connectivity index is 1.90. The van der Waals surface area contributed by atoms with Crippen LogP contribution >= 0.6 is 0 Å². The van der Waals surface area contributed by atoms with E-state index < -0.39 is 0 Å². The van der Waals surface area contributed by atoms with E-state index in [4.69, 9.17) is 4.74 Å². The lowest BCUT2D eigenvalue weighted by Gasteiger charge is -2.07. The molecule has 3 heteroatoms. The second-order valence-corrected chi connectivity index (χ2v) is 3.96. The maximum atomic E-state index is 5.64. The molecule has 1 N–H and O–H groups in total. The number of ether oxygens (including phenoxy) is 1. The Morgan fingerprint density at radius 3 is 3.00 bits per heavy atom. The van der Waals surface area contributed by atoms with Gasteiger partial charge in [-0.15, -0.1) is 0 Å². The summed E-state index contributed by atoms with van der Waals surface area (Å²) in [6.07, 6.45) is 2.93. The highest BCUT2D eigenvalue weighted by Crippen LogP contribution is 2.17. The monoisotopic (exact) mass is 230 g/mol. The van der Waals surface area contributed by atoms with Crippen LogP contribution in [0.1, 0.15) is 13.3 Å². The van der Waals surface area contributed by atoms with Gasteiger partial charge in [0.2, 0.25) is 0 Å². The van der Waals surface area contributed by atoms with Crippen LogP contribution in [0.25, 0.3) is 10.9 Å². The van der Waals surface area contributed by atoms with Crippen molar-refractivity contribution < 1.29 is 4.74 Å². The molecule has 2 aromatic rings. The molecule has 0 saturated carbocycles. The summed E-state index contributed by atoms with van der Waals surface area (Å²) in [7, 11) is 0. The van der Waals surface area contributed by atoms with Crippen molar-refractivity contribution in [2.45, 2.75) is 13.3 Å². The topological polar surface area (TPSA) is 34.1 Å². The van der Waals surface area contributed by atoms with Crippen LogP contribution in [0.15, 0.2) is 36.5 Å². The van der Waals surface area contributed by atoms with E-state index in [9.17, 15) is 0 Å². The van der Waals surface area contributed by atoms with E-state index in [1.807, 2.05) is 30.3 Å². The first-order valence-corrected chi connectivity index (χ1v) is 6.08. The van der Waals surface area contributed by atoms with Crippen molar-refractivity contribution in [3.63, 3.8) is 0 Å². The summed E-state index contributed by atoms with van der Waals surface area (Å²) < 4.78 is 5.64. The quantitative estimate of drug-likeness (QED) is 0.775. The van der Waals surface area contributed by atoms with E-state index in [1.165, 1.54) is 0 Å². The fourth-order valence-corrected chi connectivity index (χ4v) is 1.67. The number of aromatic nitrogens is 1. The van der Waals surface area contributed by atoms with Crippen molar-refractivity contribution >= 4 is 10.9 Å². The van der Waals surface area contributed by atoms with Crippen LogP contribution in [0.5, 0.6) is 5.75 Å². The number of hydrogen-bond donors (Lipinski definition) is 1. The van der Waals surface area contributed by atoms with Crippen LogP contribution in [-0.2, 0) is 0 Å². The van der Waals surface area contributed by atoms with E-state index in [2.05, 4.69) is 17.2 Å². The van der Waals surface area contributed by atoms with Crippen molar-refractivity contribution in [1.82, 2.24) is 10.3 Å². The molecule has 3 nitrogen and oxygen atoms in total. The first kappa shape index (κ1) is 11.9. The van der Waals surface area contributed by atoms with Crippen molar-refractivity contribution in [2.75, 3.05) is 19.7 Å². The van der Waals surface area contributed by atoms with E-state index >= 15 is 0 Å². The molecule has 0 saturated heterocycles. The number of pyridine rings is 1. The Kier molecular flexibility index (Phi) is 4.33. The van der Waals surface area contributed by atoms with Crippen LogP contribution in [0.2, 0.25) is 0 Å². The van der Waals surface area contributed by atoms with Crippen molar-refractivity contribution in [3.8, 4) is 5.75 Å². The molecule has 1 heterocycles. The molecule has 0 radical (unpaired) electrons. The van der Waals surface area contributed by atoms with E-state index in [1.54, 1.807) is 6.20 Å². The highest BCUT2D eigenvalue weighted by molar-refractivity contribution is 5.79. The van der Waals surface area contributed by atoms with Crippen molar-refractivity contribution in [1.29, 1.82) is 0 Å². The summed E-state index contributed by atoms with van der Waals surface area (Å²) in [5, 5.41) is 4.41. The summed E-state index contributed by atoms with van der Waals surface area (Å²) in [6.45, 7) is 4.75. The van der Waals surface area contributed by atoms with Gasteiger partial charge in [0.15, 0.2) is 0 Å². The molecule has 0 atom stereocenters. The third-order valence-corrected chi connectivity index (χ3v) is 2.54. The first-order valence-electron chi connectivity index (χ1n) is 6.08. The molecular weight excluding hydrogens is 212 g/mol. The van der Waals surface area contributed by atoms with E-state index in [0.717, 1.165) is 36.2 Å². The Bertz CT molecular complexity index is 470. The van der Waals surface area contributed by atoms with E-state index in [-0.39, 0.29) is 0 Å². The molecule has 17 heavy (non-hydrogen) atoms. The van der Waals surface area contributed by atoms with Gasteiger partial charge in [-0.2, -0.15) is 0 Å². The molecule has 90 valence electrons. The van der Waals surface area contributed by atoms with Gasteiger partial charge in [-0.05, 0) is 25.1 Å². The summed E-state index contributed by atoms with van der Waals surface area (Å²) in [5.41, 5.74) is 1.00. The fraction of sp³-hybridized carbons (Fsp3) is 0.357. The molecule has 1 aromatic heterocycles. The normalized spacial score (nSPS) is 10.6. The number of benzene rings is 1. The Morgan fingerprint density at radius 2 is 2.12 bits per heavy atom. The molecule has 1 aromatic carbocycles. The minimum atomic E-state index is 0.681. The Labute approximate surface area is 102 Å². The van der Waals surface area contributed by atoms with E-state index in [0.29, 0.717) is 6.61 Å². The summed E-state index contributed by atoms with van der Waals surface area (Å²) in [4.78, 5) is 4.35. The molecule has 0 aliphatic heterocycles. The van der Waals surface area contributed by atoms with Gasteiger partial charge in [-0.25, -0.2) is 0 Å². The average molecular weight is 230 g/mol. The Morgan fingerprint density at radius 1 is 1.24 bits per heavy atom. The zero-order chi connectivity index (χ0) is 11.9. The van der Waals surface area contributed by atoms with Gasteiger partial charge in [-0.3, -0.25) is 4.98 Å². The SMILES string of the molecule is CCCNCCOc1cnc2ccccc2c1. The van der Waals surface area contributed by atoms with Gasteiger partial charge < -0.3 is 10.1 Å². The summed E-state index contributed by atoms with van der Waals surface area (Å²) in [5.74, 6) is 0.835. The average Bonchev–Trinajstić information content (AvgIpc) is 2.38. The second-order valence-electron chi connectivity index (χ2n) is 3.96. The first-order chi connectivity index (χ1) is 8.40.